The Morgan fingerprint density at radius 1 is 1.12 bits per heavy atom. The van der Waals surface area contributed by atoms with E-state index in [2.05, 4.69) is 0 Å². The molecule has 1 N–H and O–H groups in total. The second-order valence-electron chi connectivity index (χ2n) is 4.52. The molecule has 0 aliphatic carbocycles. The molecule has 2 aromatic rings. The predicted octanol–water partition coefficient (Wildman–Crippen LogP) is 4.07. The van der Waals surface area contributed by atoms with E-state index in [9.17, 15) is 31.7 Å². The molecular formula is C13H8ClF3N2O4S. The molecule has 2 rings (SSSR count). The van der Waals surface area contributed by atoms with Gasteiger partial charge in [0.15, 0.2) is 0 Å². The van der Waals surface area contributed by atoms with Gasteiger partial charge in [0.25, 0.3) is 15.7 Å². The van der Waals surface area contributed by atoms with Crippen LogP contribution in [0.5, 0.6) is 0 Å². The molecule has 2 aromatic carbocycles. The van der Waals surface area contributed by atoms with Crippen molar-refractivity contribution in [1.29, 1.82) is 0 Å². The first-order valence-electron chi connectivity index (χ1n) is 6.15. The Morgan fingerprint density at radius 3 is 2.29 bits per heavy atom. The van der Waals surface area contributed by atoms with Crippen molar-refractivity contribution in [3.05, 3.63) is 63.2 Å². The molecule has 0 fully saturated rings. The summed E-state index contributed by atoms with van der Waals surface area (Å²) in [7, 11) is -4.26. The topological polar surface area (TPSA) is 89.3 Å². The third-order valence-electron chi connectivity index (χ3n) is 2.88. The van der Waals surface area contributed by atoms with Crippen LogP contribution in [0.4, 0.5) is 24.5 Å². The maximum atomic E-state index is 12.9. The quantitative estimate of drug-likeness (QED) is 0.639. The first kappa shape index (κ1) is 18.0. The molecule has 0 heterocycles. The zero-order valence-corrected chi connectivity index (χ0v) is 13.1. The number of rotatable bonds is 4. The van der Waals surface area contributed by atoms with Crippen molar-refractivity contribution in [3.63, 3.8) is 0 Å². The van der Waals surface area contributed by atoms with Crippen LogP contribution < -0.4 is 4.72 Å². The Bertz CT molecular complexity index is 900. The molecule has 11 heteroatoms. The van der Waals surface area contributed by atoms with Crippen molar-refractivity contribution >= 4 is 33.0 Å². The highest BCUT2D eigenvalue weighted by atomic mass is 35.5. The first-order valence-corrected chi connectivity index (χ1v) is 8.01. The standard InChI is InChI=1S/C13H8ClF3N2O4S/c14-10-3-1-2-4-12(10)24(22,23)18-8-5-6-11(19(20)21)9(7-8)13(15,16)17/h1-7,18H. The molecule has 0 aliphatic rings. The molecule has 0 saturated carbocycles. The Balaban J connectivity index is 2.48. The Morgan fingerprint density at radius 2 is 1.75 bits per heavy atom. The Kier molecular flexibility index (Phi) is 4.72. The largest absolute Gasteiger partial charge is 0.423 e. The second-order valence-corrected chi connectivity index (χ2v) is 6.58. The number of nitro benzene ring substituents is 1. The van der Waals surface area contributed by atoms with Gasteiger partial charge in [-0.1, -0.05) is 23.7 Å². The van der Waals surface area contributed by atoms with Crippen molar-refractivity contribution in [1.82, 2.24) is 0 Å². The van der Waals surface area contributed by atoms with Gasteiger partial charge in [-0.15, -0.1) is 0 Å². The number of sulfonamides is 1. The third kappa shape index (κ3) is 3.77. The lowest BCUT2D eigenvalue weighted by Crippen LogP contribution is -2.15. The van der Waals surface area contributed by atoms with E-state index in [1.54, 1.807) is 0 Å². The zero-order valence-electron chi connectivity index (χ0n) is 11.5. The van der Waals surface area contributed by atoms with Gasteiger partial charge < -0.3 is 0 Å². The minimum absolute atomic E-state index is 0.122. The van der Waals surface area contributed by atoms with Gasteiger partial charge in [-0.2, -0.15) is 13.2 Å². The summed E-state index contributed by atoms with van der Waals surface area (Å²) < 4.78 is 65.0. The summed E-state index contributed by atoms with van der Waals surface area (Å²) in [4.78, 5) is 9.15. The van der Waals surface area contributed by atoms with Gasteiger partial charge in [-0.3, -0.25) is 14.8 Å². The highest BCUT2D eigenvalue weighted by molar-refractivity contribution is 7.92. The molecular weight excluding hydrogens is 373 g/mol. The molecule has 0 bridgehead atoms. The van der Waals surface area contributed by atoms with Crippen molar-refractivity contribution in [2.24, 2.45) is 0 Å². The number of anilines is 1. The molecule has 6 nitrogen and oxygen atoms in total. The van der Waals surface area contributed by atoms with Crippen LogP contribution in [-0.2, 0) is 16.2 Å². The van der Waals surface area contributed by atoms with Crippen LogP contribution in [0.25, 0.3) is 0 Å². The van der Waals surface area contributed by atoms with E-state index < -0.39 is 38.1 Å². The number of alkyl halides is 3. The molecule has 0 radical (unpaired) electrons. The van der Waals surface area contributed by atoms with Crippen molar-refractivity contribution < 1.29 is 26.5 Å². The summed E-state index contributed by atoms with van der Waals surface area (Å²) in [5.41, 5.74) is -3.22. The highest BCUT2D eigenvalue weighted by Gasteiger charge is 2.38. The van der Waals surface area contributed by atoms with Crippen LogP contribution >= 0.6 is 11.6 Å². The fraction of sp³-hybridized carbons (Fsp3) is 0.0769. The first-order chi connectivity index (χ1) is 11.0. The molecule has 0 amide bonds. The average Bonchev–Trinajstić information content (AvgIpc) is 2.45. The fourth-order valence-corrected chi connectivity index (χ4v) is 3.43. The Labute approximate surface area is 139 Å². The summed E-state index contributed by atoms with van der Waals surface area (Å²) in [6, 6.07) is 7.13. The summed E-state index contributed by atoms with van der Waals surface area (Å²) >= 11 is 5.76. The minimum atomic E-state index is -5.02. The lowest BCUT2D eigenvalue weighted by atomic mass is 10.1. The summed E-state index contributed by atoms with van der Waals surface area (Å²) in [6.45, 7) is 0. The summed E-state index contributed by atoms with van der Waals surface area (Å²) in [5.74, 6) is 0. The van der Waals surface area contributed by atoms with Gasteiger partial charge in [0.1, 0.15) is 10.5 Å². The Hall–Kier alpha value is -2.33. The molecule has 0 saturated heterocycles. The van der Waals surface area contributed by atoms with E-state index >= 15 is 0 Å². The maximum absolute atomic E-state index is 12.9. The van der Waals surface area contributed by atoms with E-state index in [1.165, 1.54) is 24.3 Å². The van der Waals surface area contributed by atoms with Gasteiger partial charge in [-0.05, 0) is 24.3 Å². The van der Waals surface area contributed by atoms with Crippen molar-refractivity contribution in [2.45, 2.75) is 11.1 Å². The maximum Gasteiger partial charge on any atom is 0.423 e. The number of hydrogen-bond donors (Lipinski definition) is 1. The van der Waals surface area contributed by atoms with E-state index in [0.717, 1.165) is 6.07 Å². The molecule has 128 valence electrons. The van der Waals surface area contributed by atoms with Gasteiger partial charge in [0.05, 0.1) is 9.95 Å². The van der Waals surface area contributed by atoms with Crippen LogP contribution in [0, 0.1) is 10.1 Å². The van der Waals surface area contributed by atoms with Crippen molar-refractivity contribution in [3.8, 4) is 0 Å². The highest BCUT2D eigenvalue weighted by Crippen LogP contribution is 2.38. The number of nitro groups is 1. The number of benzene rings is 2. The molecule has 24 heavy (non-hydrogen) atoms. The van der Waals surface area contributed by atoms with Crippen molar-refractivity contribution in [2.75, 3.05) is 4.72 Å². The van der Waals surface area contributed by atoms with E-state index in [4.69, 9.17) is 11.6 Å². The predicted molar refractivity (Wildman–Crippen MR) is 80.4 cm³/mol. The second kappa shape index (κ2) is 6.29. The lowest BCUT2D eigenvalue weighted by molar-refractivity contribution is -0.388. The number of nitrogens with zero attached hydrogens (tertiary/aromatic N) is 1. The monoisotopic (exact) mass is 380 g/mol. The molecule has 0 atom stereocenters. The van der Waals surface area contributed by atoms with E-state index in [0.29, 0.717) is 12.1 Å². The van der Waals surface area contributed by atoms with Gasteiger partial charge >= 0.3 is 6.18 Å². The van der Waals surface area contributed by atoms with Crippen LogP contribution in [0.1, 0.15) is 5.56 Å². The molecule has 0 unspecified atom stereocenters. The summed E-state index contributed by atoms with van der Waals surface area (Å²) in [5, 5.41) is 10.6. The van der Waals surface area contributed by atoms with Gasteiger partial charge in [0, 0.05) is 11.8 Å². The smallest absolute Gasteiger partial charge is 0.280 e. The summed E-state index contributed by atoms with van der Waals surface area (Å²) in [6.07, 6.45) is -5.02. The minimum Gasteiger partial charge on any atom is -0.280 e. The third-order valence-corrected chi connectivity index (χ3v) is 4.76. The lowest BCUT2D eigenvalue weighted by Gasteiger charge is -2.12. The number of halogens is 4. The number of nitrogens with one attached hydrogen (secondary N) is 1. The zero-order chi connectivity index (χ0) is 18.1. The van der Waals surface area contributed by atoms with Crippen LogP contribution in [0.2, 0.25) is 5.02 Å². The fourth-order valence-electron chi connectivity index (χ4n) is 1.86. The van der Waals surface area contributed by atoms with Gasteiger partial charge in [0.2, 0.25) is 0 Å². The van der Waals surface area contributed by atoms with E-state index in [1.807, 2.05) is 4.72 Å². The van der Waals surface area contributed by atoms with Crippen LogP contribution in [-0.4, -0.2) is 13.3 Å². The SMILES string of the molecule is O=[N+]([O-])c1ccc(NS(=O)(=O)c2ccccc2Cl)cc1C(F)(F)F. The normalized spacial score (nSPS) is 12.0. The molecule has 0 spiro atoms. The molecule has 0 aliphatic heterocycles. The molecule has 0 aromatic heterocycles. The van der Waals surface area contributed by atoms with Gasteiger partial charge in [-0.25, -0.2) is 8.42 Å². The van der Waals surface area contributed by atoms with Crippen LogP contribution in [0.3, 0.4) is 0 Å². The van der Waals surface area contributed by atoms with E-state index in [-0.39, 0.29) is 9.92 Å². The van der Waals surface area contributed by atoms with Crippen LogP contribution in [0.15, 0.2) is 47.4 Å². The average molecular weight is 381 g/mol. The number of hydrogen-bond acceptors (Lipinski definition) is 4.